The Morgan fingerprint density at radius 1 is 0.734 bits per heavy atom. The zero-order valence-corrected chi connectivity index (χ0v) is 37.0. The van der Waals surface area contributed by atoms with Crippen LogP contribution >= 0.6 is 0 Å². The Hall–Kier alpha value is -7.05. The van der Waals surface area contributed by atoms with Gasteiger partial charge in [-0.2, -0.15) is 0 Å². The number of H-pyrrole nitrogens is 2. The van der Waals surface area contributed by atoms with Crippen LogP contribution in [-0.2, 0) is 35.2 Å². The van der Waals surface area contributed by atoms with Crippen LogP contribution in [0.5, 0.6) is 0 Å². The van der Waals surface area contributed by atoms with Gasteiger partial charge in [0, 0.05) is 20.0 Å². The minimum Gasteiger partial charge on any atom is -0.459 e. The third kappa shape index (κ3) is 9.92. The highest BCUT2D eigenvalue weighted by Gasteiger charge is 2.43. The number of rotatable bonds is 14. The van der Waals surface area contributed by atoms with Crippen molar-refractivity contribution in [2.24, 2.45) is 11.8 Å². The van der Waals surface area contributed by atoms with Crippen molar-refractivity contribution in [2.45, 2.75) is 90.7 Å². The van der Waals surface area contributed by atoms with E-state index in [0.29, 0.717) is 30.3 Å². The van der Waals surface area contributed by atoms with Crippen LogP contribution in [0.1, 0.15) is 89.3 Å². The second-order valence-corrected chi connectivity index (χ2v) is 16.8. The molecule has 19 nitrogen and oxygen atoms in total. The van der Waals surface area contributed by atoms with E-state index in [1.807, 2.05) is 76.2 Å². The van der Waals surface area contributed by atoms with Gasteiger partial charge in [0.15, 0.2) is 0 Å². The minimum absolute atomic E-state index is 0.0183. The highest BCUT2D eigenvalue weighted by atomic mass is 16.5. The molecule has 0 radical (unpaired) electrons. The third-order valence-corrected chi connectivity index (χ3v) is 11.8. The number of nitrogens with one attached hydrogen (secondary N) is 4. The van der Waals surface area contributed by atoms with Crippen LogP contribution in [0.4, 0.5) is 9.59 Å². The molecule has 0 spiro atoms. The number of imidazole rings is 2. The number of nitrogens with zero attached hydrogens (tertiary/aromatic N) is 7. The average Bonchev–Trinajstić information content (AvgIpc) is 4.15. The number of hydrogen-bond acceptors (Lipinski definition) is 12. The average molecular weight is 878 g/mol. The molecular weight excluding hydrogens is 823 g/mol. The van der Waals surface area contributed by atoms with Crippen LogP contribution in [0.2, 0.25) is 0 Å². The lowest BCUT2D eigenvalue weighted by Crippen LogP contribution is -2.51. The fraction of sp³-hybridized carbons (Fsp3) is 0.444. The molecule has 0 aliphatic carbocycles. The number of likely N-dealkylation sites (tertiary alicyclic amines) is 2. The highest BCUT2D eigenvalue weighted by Crippen LogP contribution is 2.39. The molecule has 3 aromatic heterocycles. The van der Waals surface area contributed by atoms with E-state index in [1.165, 1.54) is 21.1 Å². The first-order valence-corrected chi connectivity index (χ1v) is 21.4. The van der Waals surface area contributed by atoms with Gasteiger partial charge in [-0.1, -0.05) is 81.4 Å². The van der Waals surface area contributed by atoms with Crippen molar-refractivity contribution < 1.29 is 38.2 Å². The van der Waals surface area contributed by atoms with Crippen molar-refractivity contribution in [2.75, 3.05) is 27.3 Å². The van der Waals surface area contributed by atoms with Gasteiger partial charge in [-0.15, -0.1) is 5.10 Å². The van der Waals surface area contributed by atoms with E-state index in [4.69, 9.17) is 19.2 Å². The van der Waals surface area contributed by atoms with E-state index in [-0.39, 0.29) is 48.9 Å². The summed E-state index contributed by atoms with van der Waals surface area (Å²) in [5.74, 6) is 0.0529. The Balaban J connectivity index is 1.05. The van der Waals surface area contributed by atoms with Gasteiger partial charge in [-0.05, 0) is 53.4 Å². The predicted molar refractivity (Wildman–Crippen MR) is 233 cm³/mol. The summed E-state index contributed by atoms with van der Waals surface area (Å²) in [6.45, 7) is 9.64. The molecule has 338 valence electrons. The number of ether oxygens (including phenoxy) is 3. The van der Waals surface area contributed by atoms with Gasteiger partial charge in [0.2, 0.25) is 11.8 Å². The summed E-state index contributed by atoms with van der Waals surface area (Å²) in [5.41, 5.74) is 5.94. The monoisotopic (exact) mass is 877 g/mol. The molecule has 5 aromatic rings. The molecule has 7 rings (SSSR count). The molecule has 2 saturated heterocycles. The standard InChI is InChI=1S/C45H55N11O8/c1-25(2)38(50-44(60)62-6)42(58)54-18-8-9-36(54)40-46-20-34(48-40)30-14-10-28(11-15-30)29-12-16-31(17-13-29)35-21-47-41(49-35)37-19-33(56-22-32(52-53-56)24-64-27(5)57)23-55(37)43(59)39(26(3)4)51-45(61)63-7/h10-17,20-22,25-26,33,36-39H,8-9,18-19,23-24H2,1-7H3,(H,46,48)(H,47,49)(H,50,60)(H,51,61)/t33-,36?,37+,38+,39+/m1/s1. The van der Waals surface area contributed by atoms with Gasteiger partial charge in [0.05, 0.1) is 62.3 Å². The Morgan fingerprint density at radius 3 is 1.73 bits per heavy atom. The molecule has 5 heterocycles. The maximum absolute atomic E-state index is 14.2. The Kier molecular flexibility index (Phi) is 13.7. The van der Waals surface area contributed by atoms with Gasteiger partial charge in [-0.3, -0.25) is 14.4 Å². The number of alkyl carbamates (subject to hydrolysis) is 2. The van der Waals surface area contributed by atoms with Crippen molar-refractivity contribution in [3.8, 4) is 33.6 Å². The normalized spacial score (nSPS) is 18.2. The fourth-order valence-electron chi connectivity index (χ4n) is 8.30. The van der Waals surface area contributed by atoms with E-state index in [0.717, 1.165) is 46.5 Å². The number of carbonyl (C=O) groups excluding carboxylic acids is 5. The second-order valence-electron chi connectivity index (χ2n) is 16.8. The molecule has 2 aliphatic heterocycles. The Labute approximate surface area is 370 Å². The van der Waals surface area contributed by atoms with Gasteiger partial charge in [-0.25, -0.2) is 24.2 Å². The summed E-state index contributed by atoms with van der Waals surface area (Å²) >= 11 is 0. The molecule has 1 unspecified atom stereocenters. The smallest absolute Gasteiger partial charge is 0.407 e. The van der Waals surface area contributed by atoms with Crippen molar-refractivity contribution in [3.05, 3.63) is 84.5 Å². The number of amides is 4. The first-order chi connectivity index (χ1) is 30.7. The van der Waals surface area contributed by atoms with Crippen LogP contribution in [0, 0.1) is 11.8 Å². The molecule has 2 fully saturated rings. The van der Waals surface area contributed by atoms with Gasteiger partial charge in [0.1, 0.15) is 36.0 Å². The molecule has 64 heavy (non-hydrogen) atoms. The maximum atomic E-state index is 14.2. The first-order valence-electron chi connectivity index (χ1n) is 21.4. The van der Waals surface area contributed by atoms with Crippen molar-refractivity contribution >= 4 is 30.0 Å². The molecule has 5 atom stereocenters. The lowest BCUT2D eigenvalue weighted by molar-refractivity contribution is -0.142. The molecule has 2 aliphatic rings. The molecule has 0 saturated carbocycles. The number of carbonyl (C=O) groups is 5. The molecule has 4 N–H and O–H groups in total. The molecule has 19 heteroatoms. The quantitative estimate of drug-likeness (QED) is 0.0775. The Bertz CT molecular complexity index is 2440. The van der Waals surface area contributed by atoms with E-state index >= 15 is 0 Å². The summed E-state index contributed by atoms with van der Waals surface area (Å²) in [6.07, 6.45) is 5.94. The van der Waals surface area contributed by atoms with Gasteiger partial charge >= 0.3 is 18.2 Å². The van der Waals surface area contributed by atoms with Crippen LogP contribution in [0.15, 0.2) is 67.1 Å². The highest BCUT2D eigenvalue weighted by molar-refractivity contribution is 5.87. The lowest BCUT2D eigenvalue weighted by Gasteiger charge is -2.30. The zero-order chi connectivity index (χ0) is 45.7. The topological polar surface area (TPSA) is 232 Å². The van der Waals surface area contributed by atoms with Crippen LogP contribution in [0.25, 0.3) is 33.6 Å². The molecule has 0 bridgehead atoms. The molecule has 2 aromatic carbocycles. The fourth-order valence-corrected chi connectivity index (χ4v) is 8.30. The number of methoxy groups -OCH3 is 2. The van der Waals surface area contributed by atoms with Crippen LogP contribution in [0.3, 0.4) is 0 Å². The number of esters is 1. The minimum atomic E-state index is -0.848. The number of hydrogen-bond donors (Lipinski definition) is 4. The summed E-state index contributed by atoms with van der Waals surface area (Å²) in [6, 6.07) is 13.7. The van der Waals surface area contributed by atoms with E-state index in [9.17, 15) is 24.0 Å². The lowest BCUT2D eigenvalue weighted by atomic mass is 10.0. The van der Waals surface area contributed by atoms with Crippen molar-refractivity contribution in [1.82, 2.24) is 55.4 Å². The van der Waals surface area contributed by atoms with Crippen LogP contribution < -0.4 is 10.6 Å². The summed E-state index contributed by atoms with van der Waals surface area (Å²) in [5, 5.41) is 13.8. The Morgan fingerprint density at radius 2 is 1.23 bits per heavy atom. The predicted octanol–water partition coefficient (Wildman–Crippen LogP) is 5.73. The summed E-state index contributed by atoms with van der Waals surface area (Å²) < 4.78 is 16.3. The number of aromatic nitrogens is 7. The van der Waals surface area contributed by atoms with Gasteiger partial charge < -0.3 is 44.6 Å². The SMILES string of the molecule is COC(=O)N[C@H](C(=O)N1CCCC1c1ncc(-c2ccc(-c3ccc(-c4cnc([C@@H]5C[C@@H](n6cc(COC(C)=O)nn6)CN5C(=O)[C@@H](NC(=O)OC)C(C)C)[nH]4)cc3)cc2)[nH]1)C(C)C. The van der Waals surface area contributed by atoms with Gasteiger partial charge in [0.25, 0.3) is 0 Å². The second kappa shape index (κ2) is 19.6. The largest absolute Gasteiger partial charge is 0.459 e. The van der Waals surface area contributed by atoms with Crippen LogP contribution in [-0.4, -0.2) is 114 Å². The summed E-state index contributed by atoms with van der Waals surface area (Å²) in [7, 11) is 2.54. The first kappa shape index (κ1) is 45.0. The third-order valence-electron chi connectivity index (χ3n) is 11.8. The van der Waals surface area contributed by atoms with Crippen molar-refractivity contribution in [1.29, 1.82) is 0 Å². The summed E-state index contributed by atoms with van der Waals surface area (Å²) in [4.78, 5) is 83.2. The molecule has 4 amide bonds. The maximum Gasteiger partial charge on any atom is 0.407 e. The van der Waals surface area contributed by atoms with Crippen molar-refractivity contribution in [3.63, 3.8) is 0 Å². The number of aromatic amines is 2. The van der Waals surface area contributed by atoms with E-state index < -0.39 is 36.3 Å². The molecular formula is C45H55N11O8. The number of benzene rings is 2. The van der Waals surface area contributed by atoms with E-state index in [2.05, 4.69) is 35.9 Å². The van der Waals surface area contributed by atoms with E-state index in [1.54, 1.807) is 33.1 Å². The zero-order valence-electron chi connectivity index (χ0n) is 37.0.